The van der Waals surface area contributed by atoms with Crippen molar-refractivity contribution in [3.05, 3.63) is 78.2 Å². The first kappa shape index (κ1) is 19.1. The minimum Gasteiger partial charge on any atom is -0.370 e. The Morgan fingerprint density at radius 2 is 1.87 bits per heavy atom. The minimum absolute atomic E-state index is 0.0805. The molecular weight excluding hydrogens is 385 g/mol. The second-order valence-electron chi connectivity index (χ2n) is 7.46. The van der Waals surface area contributed by atoms with E-state index in [1.165, 1.54) is 12.1 Å². The molecule has 4 atom stereocenters. The SMILES string of the molecule is Fc1cccc(-c2ccnc(NC3COC4C(OCc5ccccc5)COC34)n2)c1. The first-order valence-electron chi connectivity index (χ1n) is 10.0. The molecule has 5 rings (SSSR count). The largest absolute Gasteiger partial charge is 0.370 e. The Labute approximate surface area is 174 Å². The molecule has 0 amide bonds. The van der Waals surface area contributed by atoms with E-state index in [0.717, 1.165) is 5.56 Å². The Morgan fingerprint density at radius 1 is 1.00 bits per heavy atom. The number of ether oxygens (including phenoxy) is 3. The number of fused-ring (bicyclic) bond motifs is 1. The van der Waals surface area contributed by atoms with E-state index < -0.39 is 0 Å². The summed E-state index contributed by atoms with van der Waals surface area (Å²) in [6.07, 6.45) is 1.29. The van der Waals surface area contributed by atoms with Gasteiger partial charge < -0.3 is 19.5 Å². The van der Waals surface area contributed by atoms with Crippen molar-refractivity contribution >= 4 is 5.95 Å². The highest BCUT2D eigenvalue weighted by atomic mass is 19.1. The average molecular weight is 407 g/mol. The Morgan fingerprint density at radius 3 is 2.73 bits per heavy atom. The molecule has 2 saturated heterocycles. The third-order valence-electron chi connectivity index (χ3n) is 5.41. The number of rotatable bonds is 6. The van der Waals surface area contributed by atoms with Crippen LogP contribution in [0.5, 0.6) is 0 Å². The lowest BCUT2D eigenvalue weighted by Gasteiger charge is -2.18. The van der Waals surface area contributed by atoms with Gasteiger partial charge in [-0.15, -0.1) is 0 Å². The zero-order valence-corrected chi connectivity index (χ0v) is 16.3. The summed E-state index contributed by atoms with van der Waals surface area (Å²) in [5.41, 5.74) is 2.47. The van der Waals surface area contributed by atoms with Crippen molar-refractivity contribution in [1.29, 1.82) is 0 Å². The number of hydrogen-bond acceptors (Lipinski definition) is 6. The third-order valence-corrected chi connectivity index (χ3v) is 5.41. The number of hydrogen-bond donors (Lipinski definition) is 1. The first-order chi connectivity index (χ1) is 14.8. The van der Waals surface area contributed by atoms with Gasteiger partial charge in [-0.2, -0.15) is 0 Å². The van der Waals surface area contributed by atoms with Crippen molar-refractivity contribution < 1.29 is 18.6 Å². The van der Waals surface area contributed by atoms with E-state index >= 15 is 0 Å². The Kier molecular flexibility index (Phi) is 5.40. The number of nitrogens with one attached hydrogen (secondary N) is 1. The van der Waals surface area contributed by atoms with Crippen LogP contribution in [0.3, 0.4) is 0 Å². The molecular formula is C23H22FN3O3. The highest BCUT2D eigenvalue weighted by molar-refractivity contribution is 5.60. The zero-order valence-electron chi connectivity index (χ0n) is 16.3. The quantitative estimate of drug-likeness (QED) is 0.675. The van der Waals surface area contributed by atoms with Crippen LogP contribution in [0.15, 0.2) is 66.9 Å². The number of halogens is 1. The van der Waals surface area contributed by atoms with Gasteiger partial charge in [-0.1, -0.05) is 42.5 Å². The maximum absolute atomic E-state index is 13.5. The van der Waals surface area contributed by atoms with Crippen LogP contribution in [0, 0.1) is 5.82 Å². The van der Waals surface area contributed by atoms with Crippen molar-refractivity contribution in [2.45, 2.75) is 31.0 Å². The number of aromatic nitrogens is 2. The van der Waals surface area contributed by atoms with Gasteiger partial charge in [0.25, 0.3) is 0 Å². The Balaban J connectivity index is 1.23. The predicted molar refractivity (Wildman–Crippen MR) is 109 cm³/mol. The van der Waals surface area contributed by atoms with E-state index in [1.54, 1.807) is 18.3 Å². The third kappa shape index (κ3) is 4.05. The summed E-state index contributed by atoms with van der Waals surface area (Å²) in [6, 6.07) is 18.1. The van der Waals surface area contributed by atoms with Gasteiger partial charge >= 0.3 is 0 Å². The molecule has 0 saturated carbocycles. The Hall–Kier alpha value is -2.87. The molecule has 2 fully saturated rings. The lowest BCUT2D eigenvalue weighted by atomic mass is 10.1. The molecule has 154 valence electrons. The molecule has 2 aromatic carbocycles. The molecule has 2 aliphatic heterocycles. The van der Waals surface area contributed by atoms with Crippen molar-refractivity contribution in [1.82, 2.24) is 9.97 Å². The van der Waals surface area contributed by atoms with Gasteiger partial charge in [-0.25, -0.2) is 14.4 Å². The van der Waals surface area contributed by atoms with Crippen LogP contribution in [0.4, 0.5) is 10.3 Å². The fraction of sp³-hybridized carbons (Fsp3) is 0.304. The van der Waals surface area contributed by atoms with Crippen molar-refractivity contribution in [2.24, 2.45) is 0 Å². The van der Waals surface area contributed by atoms with Crippen LogP contribution in [-0.2, 0) is 20.8 Å². The van der Waals surface area contributed by atoms with E-state index in [9.17, 15) is 4.39 Å². The van der Waals surface area contributed by atoms with Crippen LogP contribution in [0.2, 0.25) is 0 Å². The van der Waals surface area contributed by atoms with E-state index in [2.05, 4.69) is 15.3 Å². The molecule has 30 heavy (non-hydrogen) atoms. The van der Waals surface area contributed by atoms with Crippen molar-refractivity contribution in [3.63, 3.8) is 0 Å². The summed E-state index contributed by atoms with van der Waals surface area (Å²) in [4.78, 5) is 8.83. The molecule has 0 radical (unpaired) electrons. The summed E-state index contributed by atoms with van der Waals surface area (Å²) in [6.45, 7) is 1.50. The smallest absolute Gasteiger partial charge is 0.223 e. The van der Waals surface area contributed by atoms with Crippen LogP contribution in [-0.4, -0.2) is 47.5 Å². The second kappa shape index (κ2) is 8.47. The second-order valence-corrected chi connectivity index (χ2v) is 7.46. The lowest BCUT2D eigenvalue weighted by Crippen LogP contribution is -2.37. The number of nitrogens with zero attached hydrogens (tertiary/aromatic N) is 2. The molecule has 7 heteroatoms. The molecule has 4 unspecified atom stereocenters. The maximum atomic E-state index is 13.5. The highest BCUT2D eigenvalue weighted by Crippen LogP contribution is 2.31. The van der Waals surface area contributed by atoms with Gasteiger partial charge in [0.2, 0.25) is 5.95 Å². The van der Waals surface area contributed by atoms with Crippen LogP contribution in [0.25, 0.3) is 11.3 Å². The van der Waals surface area contributed by atoms with Gasteiger partial charge in [0, 0.05) is 11.8 Å². The summed E-state index contributed by atoms with van der Waals surface area (Å²) < 4.78 is 31.5. The van der Waals surface area contributed by atoms with E-state index in [4.69, 9.17) is 14.2 Å². The van der Waals surface area contributed by atoms with Gasteiger partial charge in [0.15, 0.2) is 0 Å². The summed E-state index contributed by atoms with van der Waals surface area (Å²) in [5, 5.41) is 3.31. The molecule has 0 spiro atoms. The first-order valence-corrected chi connectivity index (χ1v) is 10.0. The maximum Gasteiger partial charge on any atom is 0.223 e. The molecule has 6 nitrogen and oxygen atoms in total. The zero-order chi connectivity index (χ0) is 20.3. The molecule has 2 aliphatic rings. The number of anilines is 1. The molecule has 3 aromatic rings. The van der Waals surface area contributed by atoms with Crippen molar-refractivity contribution in [2.75, 3.05) is 18.5 Å². The normalized spacial score (nSPS) is 25.2. The minimum atomic E-state index is -0.298. The fourth-order valence-electron chi connectivity index (χ4n) is 3.91. The lowest BCUT2D eigenvalue weighted by molar-refractivity contribution is -0.0388. The average Bonchev–Trinajstić information content (AvgIpc) is 3.36. The van der Waals surface area contributed by atoms with Gasteiger partial charge in [0.1, 0.15) is 24.1 Å². The van der Waals surface area contributed by atoms with Gasteiger partial charge in [-0.05, 0) is 23.8 Å². The Bertz CT molecular complexity index is 1000. The van der Waals surface area contributed by atoms with Gasteiger partial charge in [-0.3, -0.25) is 0 Å². The fourth-order valence-corrected chi connectivity index (χ4v) is 3.91. The van der Waals surface area contributed by atoms with Crippen LogP contribution in [0.1, 0.15) is 5.56 Å². The highest BCUT2D eigenvalue weighted by Gasteiger charge is 2.48. The number of benzene rings is 2. The standard InChI is InChI=1S/C23H22FN3O3/c24-17-8-4-7-16(11-17)18-9-10-25-23(26-18)27-19-13-29-22-20(14-30-21(19)22)28-12-15-5-2-1-3-6-15/h1-11,19-22H,12-14H2,(H,25,26,27). The van der Waals surface area contributed by atoms with E-state index in [1.807, 2.05) is 36.4 Å². The molecule has 0 bridgehead atoms. The summed E-state index contributed by atoms with van der Waals surface area (Å²) >= 11 is 0. The topological polar surface area (TPSA) is 65.5 Å². The summed E-state index contributed by atoms with van der Waals surface area (Å²) in [5.74, 6) is 0.164. The van der Waals surface area contributed by atoms with E-state index in [-0.39, 0.29) is 30.2 Å². The molecule has 1 aromatic heterocycles. The molecule has 0 aliphatic carbocycles. The molecule has 3 heterocycles. The van der Waals surface area contributed by atoms with Crippen molar-refractivity contribution in [3.8, 4) is 11.3 Å². The van der Waals surface area contributed by atoms with Gasteiger partial charge in [0.05, 0.1) is 31.6 Å². The monoisotopic (exact) mass is 407 g/mol. The summed E-state index contributed by atoms with van der Waals surface area (Å²) in [7, 11) is 0. The van der Waals surface area contributed by atoms with E-state index in [0.29, 0.717) is 37.0 Å². The van der Waals surface area contributed by atoms with Crippen LogP contribution < -0.4 is 5.32 Å². The van der Waals surface area contributed by atoms with Crippen LogP contribution >= 0.6 is 0 Å². The molecule has 1 N–H and O–H groups in total. The predicted octanol–water partition coefficient (Wildman–Crippen LogP) is 3.45.